The molecule has 0 saturated heterocycles. The Morgan fingerprint density at radius 3 is 2.67 bits per heavy atom. The Balaban J connectivity index is 3.00. The lowest BCUT2D eigenvalue weighted by molar-refractivity contribution is 0.547. The second kappa shape index (κ2) is 6.75. The molecule has 0 aliphatic carbocycles. The third kappa shape index (κ3) is 3.99. The van der Waals surface area contributed by atoms with Gasteiger partial charge in [-0.15, -0.1) is 6.58 Å². The molecule has 1 aromatic rings. The first-order valence-electron chi connectivity index (χ1n) is 5.68. The highest BCUT2D eigenvalue weighted by atomic mass is 32.2. The zero-order valence-corrected chi connectivity index (χ0v) is 11.3. The van der Waals surface area contributed by atoms with Crippen molar-refractivity contribution in [2.75, 3.05) is 0 Å². The van der Waals surface area contributed by atoms with Gasteiger partial charge in [0.1, 0.15) is 11.6 Å². The topological polar surface area (TPSA) is 29.1 Å². The molecule has 1 rings (SSSR count). The van der Waals surface area contributed by atoms with E-state index in [-0.39, 0.29) is 10.8 Å². The Labute approximate surface area is 109 Å². The SMILES string of the molecule is C=CCC(NS(=O)C(C)C)c1cc(F)ccc1F. The van der Waals surface area contributed by atoms with Crippen molar-refractivity contribution in [3.8, 4) is 0 Å². The molecule has 0 radical (unpaired) electrons. The molecule has 1 N–H and O–H groups in total. The van der Waals surface area contributed by atoms with E-state index >= 15 is 0 Å². The summed E-state index contributed by atoms with van der Waals surface area (Å²) in [4.78, 5) is 0. The fourth-order valence-corrected chi connectivity index (χ4v) is 2.24. The largest absolute Gasteiger partial charge is 0.243 e. The molecule has 2 atom stereocenters. The van der Waals surface area contributed by atoms with Gasteiger partial charge in [-0.2, -0.15) is 0 Å². The average molecular weight is 273 g/mol. The first-order chi connectivity index (χ1) is 8.45. The maximum Gasteiger partial charge on any atom is 0.128 e. The van der Waals surface area contributed by atoms with Crippen LogP contribution in [0, 0.1) is 11.6 Å². The van der Waals surface area contributed by atoms with E-state index in [1.807, 2.05) is 0 Å². The number of halogens is 2. The highest BCUT2D eigenvalue weighted by Gasteiger charge is 2.18. The summed E-state index contributed by atoms with van der Waals surface area (Å²) in [6.07, 6.45) is 1.96. The van der Waals surface area contributed by atoms with Crippen LogP contribution in [0.4, 0.5) is 8.78 Å². The molecule has 0 saturated carbocycles. The second-order valence-corrected chi connectivity index (χ2v) is 5.98. The molecule has 2 nitrogen and oxygen atoms in total. The Hall–Kier alpha value is -1.07. The number of benzene rings is 1. The van der Waals surface area contributed by atoms with Crippen molar-refractivity contribution in [2.45, 2.75) is 31.6 Å². The van der Waals surface area contributed by atoms with E-state index in [1.165, 1.54) is 0 Å². The normalized spacial score (nSPS) is 14.5. The van der Waals surface area contributed by atoms with Gasteiger partial charge in [0.25, 0.3) is 0 Å². The molecule has 0 aliphatic rings. The first kappa shape index (κ1) is 15.0. The van der Waals surface area contributed by atoms with Crippen LogP contribution in [0.5, 0.6) is 0 Å². The molecular weight excluding hydrogens is 256 g/mol. The Kier molecular flexibility index (Phi) is 5.62. The minimum Gasteiger partial charge on any atom is -0.243 e. The van der Waals surface area contributed by atoms with Gasteiger partial charge in [-0.25, -0.2) is 17.7 Å². The monoisotopic (exact) mass is 273 g/mol. The molecule has 5 heteroatoms. The van der Waals surface area contributed by atoms with Crippen LogP contribution >= 0.6 is 0 Å². The molecular formula is C13H17F2NOS. The molecule has 0 aromatic heterocycles. The van der Waals surface area contributed by atoms with Crippen LogP contribution in [0.1, 0.15) is 31.9 Å². The van der Waals surface area contributed by atoms with Crippen molar-refractivity contribution in [2.24, 2.45) is 0 Å². The van der Waals surface area contributed by atoms with Crippen molar-refractivity contribution in [1.29, 1.82) is 0 Å². The van der Waals surface area contributed by atoms with Crippen molar-refractivity contribution in [3.05, 3.63) is 48.1 Å². The lowest BCUT2D eigenvalue weighted by Gasteiger charge is -2.19. The minimum absolute atomic E-state index is 0.103. The highest BCUT2D eigenvalue weighted by molar-refractivity contribution is 7.83. The summed E-state index contributed by atoms with van der Waals surface area (Å²) in [6.45, 7) is 7.15. The van der Waals surface area contributed by atoms with Crippen LogP contribution in [-0.4, -0.2) is 9.46 Å². The van der Waals surface area contributed by atoms with Gasteiger partial charge in [0.05, 0.1) is 17.0 Å². The van der Waals surface area contributed by atoms with E-state index in [1.54, 1.807) is 19.9 Å². The van der Waals surface area contributed by atoms with E-state index in [2.05, 4.69) is 11.3 Å². The summed E-state index contributed by atoms with van der Waals surface area (Å²) in [5.41, 5.74) is 0.170. The third-order valence-corrected chi connectivity index (χ3v) is 3.80. The number of nitrogens with one attached hydrogen (secondary N) is 1. The molecule has 100 valence electrons. The van der Waals surface area contributed by atoms with Gasteiger partial charge in [-0.1, -0.05) is 6.08 Å². The van der Waals surface area contributed by atoms with Crippen LogP contribution < -0.4 is 4.72 Å². The number of hydrogen-bond donors (Lipinski definition) is 1. The summed E-state index contributed by atoms with van der Waals surface area (Å²) in [5, 5.41) is -0.103. The first-order valence-corrected chi connectivity index (χ1v) is 6.89. The quantitative estimate of drug-likeness (QED) is 0.792. The van der Waals surface area contributed by atoms with Gasteiger partial charge in [0.2, 0.25) is 0 Å². The van der Waals surface area contributed by atoms with Crippen molar-refractivity contribution in [1.82, 2.24) is 4.72 Å². The van der Waals surface area contributed by atoms with Crippen LogP contribution in [0.15, 0.2) is 30.9 Å². The van der Waals surface area contributed by atoms with Crippen molar-refractivity contribution >= 4 is 11.0 Å². The molecule has 1 aromatic carbocycles. The summed E-state index contributed by atoms with van der Waals surface area (Å²) >= 11 is 0. The van der Waals surface area contributed by atoms with Gasteiger partial charge in [0.15, 0.2) is 0 Å². The number of rotatable bonds is 6. The molecule has 2 unspecified atom stereocenters. The molecule has 0 bridgehead atoms. The maximum atomic E-state index is 13.7. The minimum atomic E-state index is -1.31. The van der Waals surface area contributed by atoms with Gasteiger partial charge < -0.3 is 0 Å². The van der Waals surface area contributed by atoms with Crippen LogP contribution in [0.2, 0.25) is 0 Å². The predicted molar refractivity (Wildman–Crippen MR) is 70.3 cm³/mol. The molecule has 0 fully saturated rings. The lowest BCUT2D eigenvalue weighted by Crippen LogP contribution is -2.29. The molecule has 0 aliphatic heterocycles. The fraction of sp³-hybridized carbons (Fsp3) is 0.385. The standard InChI is InChI=1S/C13H17F2NOS/c1-4-5-13(16-18(17)9(2)3)11-8-10(14)6-7-12(11)15/h4,6-9,13,16H,1,5H2,2-3H3. The van der Waals surface area contributed by atoms with Crippen LogP contribution in [0.3, 0.4) is 0 Å². The van der Waals surface area contributed by atoms with Crippen LogP contribution in [-0.2, 0) is 11.0 Å². The van der Waals surface area contributed by atoms with E-state index in [4.69, 9.17) is 0 Å². The summed E-state index contributed by atoms with van der Waals surface area (Å²) in [7, 11) is -1.31. The summed E-state index contributed by atoms with van der Waals surface area (Å²) in [6, 6.07) is 2.71. The maximum absolute atomic E-state index is 13.7. The van der Waals surface area contributed by atoms with Crippen molar-refractivity contribution < 1.29 is 13.0 Å². The van der Waals surface area contributed by atoms with Gasteiger partial charge >= 0.3 is 0 Å². The zero-order valence-electron chi connectivity index (χ0n) is 10.5. The van der Waals surface area contributed by atoms with Crippen LogP contribution in [0.25, 0.3) is 0 Å². The van der Waals surface area contributed by atoms with Gasteiger partial charge in [-0.05, 0) is 38.5 Å². The molecule has 0 amide bonds. The Morgan fingerprint density at radius 2 is 2.11 bits per heavy atom. The number of hydrogen-bond acceptors (Lipinski definition) is 1. The van der Waals surface area contributed by atoms with E-state index in [9.17, 15) is 13.0 Å². The van der Waals surface area contributed by atoms with Gasteiger partial charge in [-0.3, -0.25) is 0 Å². The Bertz CT molecular complexity index is 449. The molecule has 0 spiro atoms. The van der Waals surface area contributed by atoms with E-state index in [0.717, 1.165) is 18.2 Å². The Morgan fingerprint density at radius 1 is 1.44 bits per heavy atom. The molecule has 0 heterocycles. The zero-order chi connectivity index (χ0) is 13.7. The summed E-state index contributed by atoms with van der Waals surface area (Å²) < 4.78 is 41.3. The smallest absolute Gasteiger partial charge is 0.128 e. The average Bonchev–Trinajstić information content (AvgIpc) is 2.31. The van der Waals surface area contributed by atoms with E-state index < -0.39 is 28.7 Å². The highest BCUT2D eigenvalue weighted by Crippen LogP contribution is 2.22. The third-order valence-electron chi connectivity index (χ3n) is 2.42. The van der Waals surface area contributed by atoms with Gasteiger partial charge in [0, 0.05) is 10.8 Å². The molecule has 18 heavy (non-hydrogen) atoms. The van der Waals surface area contributed by atoms with E-state index in [0.29, 0.717) is 6.42 Å². The predicted octanol–water partition coefficient (Wildman–Crippen LogP) is 3.24. The lowest BCUT2D eigenvalue weighted by atomic mass is 10.0. The van der Waals surface area contributed by atoms with Crippen molar-refractivity contribution in [3.63, 3.8) is 0 Å². The summed E-state index contributed by atoms with van der Waals surface area (Å²) in [5.74, 6) is -1.03. The second-order valence-electron chi connectivity index (χ2n) is 4.21. The fourth-order valence-electron chi connectivity index (χ4n) is 1.46.